The summed E-state index contributed by atoms with van der Waals surface area (Å²) in [6, 6.07) is 0.761. The molecule has 0 N–H and O–H groups in total. The minimum Gasteiger partial charge on any atom is -0.338 e. The van der Waals surface area contributed by atoms with E-state index in [-0.39, 0.29) is 0 Å². The van der Waals surface area contributed by atoms with E-state index in [0.29, 0.717) is 0 Å². The number of rotatable bonds is 1. The van der Waals surface area contributed by atoms with E-state index in [1.807, 2.05) is 0 Å². The molecule has 3 aliphatic carbocycles. The van der Waals surface area contributed by atoms with Crippen molar-refractivity contribution in [3.8, 4) is 0 Å². The van der Waals surface area contributed by atoms with Crippen LogP contribution >= 0.6 is 0 Å². The maximum atomic E-state index is 2.70. The fourth-order valence-corrected chi connectivity index (χ4v) is 4.23. The van der Waals surface area contributed by atoms with Gasteiger partial charge in [0, 0.05) is 17.4 Å². The van der Waals surface area contributed by atoms with Gasteiger partial charge in [-0.3, -0.25) is 0 Å². The Morgan fingerprint density at radius 3 is 1.95 bits per heavy atom. The molecule has 0 aliphatic heterocycles. The van der Waals surface area contributed by atoms with Crippen molar-refractivity contribution < 1.29 is 0 Å². The second kappa shape index (κ2) is 4.70. The Balaban J connectivity index is 1.87. The van der Waals surface area contributed by atoms with E-state index in [1.165, 1.54) is 57.8 Å². The summed E-state index contributed by atoms with van der Waals surface area (Å²) in [5, 5.41) is 0. The normalized spacial score (nSPS) is 22.3. The summed E-state index contributed by atoms with van der Waals surface area (Å²) >= 11 is 0. The Bertz CT molecular complexity index is 499. The Labute approximate surface area is 116 Å². The second-order valence-corrected chi connectivity index (χ2v) is 6.27. The third-order valence-electron chi connectivity index (χ3n) is 5.12. The van der Waals surface area contributed by atoms with Crippen LogP contribution in [-0.2, 0) is 12.8 Å². The van der Waals surface area contributed by atoms with Crippen molar-refractivity contribution in [1.82, 2.24) is 4.57 Å². The van der Waals surface area contributed by atoms with Crippen molar-refractivity contribution in [3.05, 3.63) is 34.7 Å². The number of hydrogen-bond acceptors (Lipinski definition) is 0. The molecule has 0 radical (unpaired) electrons. The van der Waals surface area contributed by atoms with Crippen molar-refractivity contribution in [2.75, 3.05) is 0 Å². The van der Waals surface area contributed by atoms with Gasteiger partial charge in [0.1, 0.15) is 0 Å². The third-order valence-corrected chi connectivity index (χ3v) is 5.12. The van der Waals surface area contributed by atoms with Crippen LogP contribution in [0.15, 0.2) is 12.2 Å². The van der Waals surface area contributed by atoms with E-state index in [1.54, 1.807) is 22.5 Å². The Hall–Kier alpha value is -1.24. The van der Waals surface area contributed by atoms with Crippen molar-refractivity contribution >= 4 is 12.2 Å². The van der Waals surface area contributed by atoms with Crippen molar-refractivity contribution in [1.29, 1.82) is 0 Å². The maximum Gasteiger partial charge on any atom is 0.0446 e. The van der Waals surface area contributed by atoms with Crippen molar-refractivity contribution in [2.24, 2.45) is 0 Å². The van der Waals surface area contributed by atoms with Gasteiger partial charge >= 0.3 is 0 Å². The Morgan fingerprint density at radius 1 is 0.789 bits per heavy atom. The van der Waals surface area contributed by atoms with Gasteiger partial charge in [0.15, 0.2) is 0 Å². The first-order valence-electron chi connectivity index (χ1n) is 8.04. The smallest absolute Gasteiger partial charge is 0.0446 e. The predicted molar refractivity (Wildman–Crippen MR) is 81.3 cm³/mol. The van der Waals surface area contributed by atoms with Crippen LogP contribution in [0, 0.1) is 0 Å². The standard InChI is InChI=1S/C18H23N/c1-2-8-14(9-3-1)19-17-12-6-4-10-15(17)16-11-5-7-13-18(16)19/h6-7,12-14H,1-5,8-11H2. The van der Waals surface area contributed by atoms with Gasteiger partial charge in [0.25, 0.3) is 0 Å². The molecule has 1 aromatic rings. The third kappa shape index (κ3) is 1.82. The summed E-state index contributed by atoms with van der Waals surface area (Å²) in [7, 11) is 0. The summed E-state index contributed by atoms with van der Waals surface area (Å²) in [5.74, 6) is 0. The zero-order valence-corrected chi connectivity index (χ0v) is 11.7. The monoisotopic (exact) mass is 253 g/mol. The van der Waals surface area contributed by atoms with E-state index in [0.717, 1.165) is 6.04 Å². The van der Waals surface area contributed by atoms with Crippen molar-refractivity contribution in [2.45, 2.75) is 63.8 Å². The maximum absolute atomic E-state index is 2.70. The van der Waals surface area contributed by atoms with Crippen LogP contribution < -0.4 is 0 Å². The number of nitrogens with zero attached hydrogens (tertiary/aromatic N) is 1. The van der Waals surface area contributed by atoms with Gasteiger partial charge in [0.05, 0.1) is 0 Å². The fraction of sp³-hybridized carbons (Fsp3) is 0.556. The number of aromatic nitrogens is 1. The summed E-state index contributed by atoms with van der Waals surface area (Å²) in [5.41, 5.74) is 6.45. The molecule has 1 saturated carbocycles. The molecule has 3 aliphatic rings. The van der Waals surface area contributed by atoms with Crippen LogP contribution in [0.4, 0.5) is 0 Å². The lowest BCUT2D eigenvalue weighted by molar-refractivity contribution is 0.350. The number of hydrogen-bond donors (Lipinski definition) is 0. The van der Waals surface area contributed by atoms with Crippen LogP contribution in [0.2, 0.25) is 0 Å². The molecule has 4 rings (SSSR count). The van der Waals surface area contributed by atoms with Gasteiger partial charge in [-0.1, -0.05) is 31.4 Å². The van der Waals surface area contributed by atoms with Gasteiger partial charge in [-0.25, -0.2) is 0 Å². The molecule has 1 fully saturated rings. The van der Waals surface area contributed by atoms with E-state index in [4.69, 9.17) is 0 Å². The van der Waals surface area contributed by atoms with Gasteiger partial charge in [-0.15, -0.1) is 0 Å². The van der Waals surface area contributed by atoms with Crippen LogP contribution in [0.3, 0.4) is 0 Å². The predicted octanol–water partition coefficient (Wildman–Crippen LogP) is 4.91. The molecule has 0 bridgehead atoms. The number of allylic oxidation sites excluding steroid dienone is 2. The fourth-order valence-electron chi connectivity index (χ4n) is 4.23. The summed E-state index contributed by atoms with van der Waals surface area (Å²) in [6.45, 7) is 0. The highest BCUT2D eigenvalue weighted by molar-refractivity contribution is 5.66. The minimum absolute atomic E-state index is 0.761. The van der Waals surface area contributed by atoms with Crippen LogP contribution in [0.1, 0.15) is 73.5 Å². The van der Waals surface area contributed by atoms with Crippen LogP contribution in [0.5, 0.6) is 0 Å². The van der Waals surface area contributed by atoms with Crippen LogP contribution in [0.25, 0.3) is 12.2 Å². The Morgan fingerprint density at radius 2 is 1.37 bits per heavy atom. The molecular formula is C18H23N. The Kier molecular flexibility index (Phi) is 2.86. The average molecular weight is 253 g/mol. The van der Waals surface area contributed by atoms with Crippen molar-refractivity contribution in [3.63, 3.8) is 0 Å². The second-order valence-electron chi connectivity index (χ2n) is 6.27. The van der Waals surface area contributed by atoms with E-state index < -0.39 is 0 Å². The van der Waals surface area contributed by atoms with E-state index in [9.17, 15) is 0 Å². The molecule has 0 aromatic carbocycles. The first-order valence-corrected chi connectivity index (χ1v) is 8.04. The highest BCUT2D eigenvalue weighted by Crippen LogP contribution is 2.39. The molecule has 0 atom stereocenters. The van der Waals surface area contributed by atoms with Gasteiger partial charge < -0.3 is 4.57 Å². The quantitative estimate of drug-likeness (QED) is 0.670. The highest BCUT2D eigenvalue weighted by Gasteiger charge is 2.27. The largest absolute Gasteiger partial charge is 0.338 e. The number of fused-ring (bicyclic) bond motifs is 3. The molecule has 0 unspecified atom stereocenters. The molecule has 1 aromatic heterocycles. The zero-order valence-electron chi connectivity index (χ0n) is 11.7. The molecular weight excluding hydrogens is 230 g/mol. The van der Waals surface area contributed by atoms with Gasteiger partial charge in [0.2, 0.25) is 0 Å². The average Bonchev–Trinajstić information content (AvgIpc) is 2.83. The SMILES string of the molecule is C1=Cc2c(c3c(n2C2CCCCC2)C=CCC3)CC1. The first kappa shape index (κ1) is 11.6. The van der Waals surface area contributed by atoms with E-state index in [2.05, 4.69) is 28.9 Å². The molecule has 0 spiro atoms. The zero-order chi connectivity index (χ0) is 12.7. The first-order chi connectivity index (χ1) is 9.45. The molecule has 100 valence electrons. The summed E-state index contributed by atoms with van der Waals surface area (Å²) in [6.07, 6.45) is 21.6. The van der Waals surface area contributed by atoms with Crippen LogP contribution in [-0.4, -0.2) is 4.57 Å². The molecule has 1 heteroatoms. The topological polar surface area (TPSA) is 4.93 Å². The molecule has 0 amide bonds. The minimum atomic E-state index is 0.761. The van der Waals surface area contributed by atoms with Gasteiger partial charge in [-0.2, -0.15) is 0 Å². The highest BCUT2D eigenvalue weighted by atomic mass is 15.0. The molecule has 19 heavy (non-hydrogen) atoms. The lowest BCUT2D eigenvalue weighted by Crippen LogP contribution is -2.16. The lowest BCUT2D eigenvalue weighted by Gasteiger charge is -2.27. The lowest BCUT2D eigenvalue weighted by atomic mass is 9.94. The summed E-state index contributed by atoms with van der Waals surface area (Å²) < 4.78 is 2.70. The molecule has 0 saturated heterocycles. The van der Waals surface area contributed by atoms with Gasteiger partial charge in [-0.05, 0) is 61.8 Å². The molecule has 1 nitrogen and oxygen atoms in total. The molecule has 1 heterocycles. The van der Waals surface area contributed by atoms with E-state index >= 15 is 0 Å². The summed E-state index contributed by atoms with van der Waals surface area (Å²) in [4.78, 5) is 0.